The first-order chi connectivity index (χ1) is 12.9. The molecule has 2 aliphatic rings. The van der Waals surface area contributed by atoms with E-state index in [9.17, 15) is 13.5 Å². The number of aromatic nitrogens is 2. The lowest BCUT2D eigenvalue weighted by Crippen LogP contribution is -2.63. The van der Waals surface area contributed by atoms with Gasteiger partial charge in [0.05, 0.1) is 17.6 Å². The minimum absolute atomic E-state index is 0.0154. The van der Waals surface area contributed by atoms with Crippen molar-refractivity contribution in [1.82, 2.24) is 19.4 Å². The quantitative estimate of drug-likeness (QED) is 0.762. The first-order valence-electron chi connectivity index (χ1n) is 9.84. The van der Waals surface area contributed by atoms with Crippen molar-refractivity contribution in [3.63, 3.8) is 0 Å². The first-order valence-corrected chi connectivity index (χ1v) is 11.7. The third-order valence-corrected chi connectivity index (χ3v) is 7.01. The first kappa shape index (κ1) is 21.4. The van der Waals surface area contributed by atoms with Gasteiger partial charge >= 0.3 is 0 Å². The summed E-state index contributed by atoms with van der Waals surface area (Å²) in [5.41, 5.74) is -0.0381. The summed E-state index contributed by atoms with van der Waals surface area (Å²) in [5.74, 6) is 0.872. The van der Waals surface area contributed by atoms with E-state index in [2.05, 4.69) is 40.8 Å². The molecule has 0 saturated carbocycles. The highest BCUT2D eigenvalue weighted by molar-refractivity contribution is 7.88. The maximum absolute atomic E-state index is 11.8. The van der Waals surface area contributed by atoms with Gasteiger partial charge < -0.3 is 10.0 Å². The highest BCUT2D eigenvalue weighted by Gasteiger charge is 2.40. The van der Waals surface area contributed by atoms with Gasteiger partial charge in [-0.05, 0) is 32.0 Å². The zero-order valence-electron chi connectivity index (χ0n) is 17.6. The smallest absolute Gasteiger partial charge is 0.211 e. The molecule has 9 heteroatoms. The van der Waals surface area contributed by atoms with Crippen molar-refractivity contribution in [2.75, 3.05) is 50.9 Å². The van der Waals surface area contributed by atoms with Crippen molar-refractivity contribution in [2.45, 2.75) is 50.7 Å². The summed E-state index contributed by atoms with van der Waals surface area (Å²) in [6, 6.07) is 4.36. The van der Waals surface area contributed by atoms with E-state index in [1.165, 1.54) is 10.6 Å². The average molecular weight is 412 g/mol. The molecule has 3 rings (SSSR count). The van der Waals surface area contributed by atoms with Gasteiger partial charge in [-0.3, -0.25) is 4.90 Å². The number of anilines is 1. The van der Waals surface area contributed by atoms with Gasteiger partial charge in [-0.25, -0.2) is 8.42 Å². The van der Waals surface area contributed by atoms with Crippen LogP contribution >= 0.6 is 0 Å². The molecule has 0 amide bonds. The van der Waals surface area contributed by atoms with Gasteiger partial charge in [0.2, 0.25) is 10.0 Å². The highest BCUT2D eigenvalue weighted by Crippen LogP contribution is 2.27. The summed E-state index contributed by atoms with van der Waals surface area (Å²) in [7, 11) is -1.28. The lowest BCUT2D eigenvalue weighted by Gasteiger charge is -2.48. The molecule has 0 aromatic carbocycles. The second kappa shape index (κ2) is 7.51. The van der Waals surface area contributed by atoms with Gasteiger partial charge in [0.15, 0.2) is 5.82 Å². The standard InChI is InChI=1S/C19H33N5O3S/c1-18(2,3)16-7-8-17(21-20-16)23-11-15(12-23)22(4)13-19(25)9-6-10-24(14-19)28(5,26)27/h7-8,15,25H,6,9-14H2,1-5H3. The van der Waals surface area contributed by atoms with E-state index in [-0.39, 0.29) is 12.0 Å². The van der Waals surface area contributed by atoms with Crippen molar-refractivity contribution in [2.24, 2.45) is 0 Å². The van der Waals surface area contributed by atoms with Crippen LogP contribution in [0.3, 0.4) is 0 Å². The normalized spacial score (nSPS) is 25.2. The molecule has 0 bridgehead atoms. The molecular formula is C19H33N5O3S. The molecule has 0 radical (unpaired) electrons. The lowest BCUT2D eigenvalue weighted by atomic mass is 9.92. The Balaban J connectivity index is 1.54. The monoisotopic (exact) mass is 411 g/mol. The SMILES string of the molecule is CN(CC1(O)CCCN(S(C)(=O)=O)C1)C1CN(c2ccc(C(C)(C)C)nn2)C1. The van der Waals surface area contributed by atoms with E-state index in [1.807, 2.05) is 19.2 Å². The molecule has 1 aromatic heterocycles. The number of piperidine rings is 1. The molecule has 0 aliphatic carbocycles. The fourth-order valence-electron chi connectivity index (χ4n) is 3.89. The second-order valence-corrected chi connectivity index (χ2v) is 11.4. The molecule has 28 heavy (non-hydrogen) atoms. The van der Waals surface area contributed by atoms with E-state index in [4.69, 9.17) is 0 Å². The molecule has 2 aliphatic heterocycles. The van der Waals surface area contributed by atoms with E-state index >= 15 is 0 Å². The number of likely N-dealkylation sites (N-methyl/N-ethyl adjacent to an activating group) is 1. The molecule has 8 nitrogen and oxygen atoms in total. The number of hydrogen-bond donors (Lipinski definition) is 1. The topological polar surface area (TPSA) is 89.9 Å². The number of aliphatic hydroxyl groups is 1. The van der Waals surface area contributed by atoms with Crippen molar-refractivity contribution < 1.29 is 13.5 Å². The summed E-state index contributed by atoms with van der Waals surface area (Å²) in [6.07, 6.45) is 2.52. The maximum atomic E-state index is 11.8. The molecule has 2 saturated heterocycles. The van der Waals surface area contributed by atoms with Crippen molar-refractivity contribution in [1.29, 1.82) is 0 Å². The van der Waals surface area contributed by atoms with Gasteiger partial charge in [0.25, 0.3) is 0 Å². The Morgan fingerprint density at radius 2 is 1.96 bits per heavy atom. The van der Waals surface area contributed by atoms with E-state index in [1.54, 1.807) is 0 Å². The number of β-amino-alcohol motifs (C(OH)–C–C–N with tert-alkyl or cyclic N) is 1. The van der Waals surface area contributed by atoms with Gasteiger partial charge in [0, 0.05) is 44.2 Å². The van der Waals surface area contributed by atoms with Gasteiger partial charge in [-0.1, -0.05) is 20.8 Å². The Labute approximate surface area is 168 Å². The predicted octanol–water partition coefficient (Wildman–Crippen LogP) is 0.681. The molecule has 1 unspecified atom stereocenters. The van der Waals surface area contributed by atoms with Crippen molar-refractivity contribution >= 4 is 15.8 Å². The summed E-state index contributed by atoms with van der Waals surface area (Å²) >= 11 is 0. The Morgan fingerprint density at radius 3 is 2.50 bits per heavy atom. The Bertz CT molecular complexity index is 787. The number of rotatable bonds is 5. The van der Waals surface area contributed by atoms with Gasteiger partial charge in [-0.2, -0.15) is 9.40 Å². The number of hydrogen-bond acceptors (Lipinski definition) is 7. The van der Waals surface area contributed by atoms with Gasteiger partial charge in [-0.15, -0.1) is 5.10 Å². The summed E-state index contributed by atoms with van der Waals surface area (Å²) in [6.45, 7) is 9.13. The maximum Gasteiger partial charge on any atom is 0.211 e. The minimum Gasteiger partial charge on any atom is -0.387 e. The van der Waals surface area contributed by atoms with E-state index in [0.29, 0.717) is 32.0 Å². The molecule has 0 spiro atoms. The predicted molar refractivity (Wildman–Crippen MR) is 110 cm³/mol. The zero-order valence-corrected chi connectivity index (χ0v) is 18.4. The van der Waals surface area contributed by atoms with E-state index < -0.39 is 15.6 Å². The molecule has 1 aromatic rings. The van der Waals surface area contributed by atoms with Crippen LogP contribution in [-0.4, -0.2) is 90.6 Å². The molecular weight excluding hydrogens is 378 g/mol. The Hall–Kier alpha value is -1.29. The number of nitrogens with zero attached hydrogens (tertiary/aromatic N) is 5. The fourth-order valence-corrected chi connectivity index (χ4v) is 4.83. The third kappa shape index (κ3) is 4.82. The van der Waals surface area contributed by atoms with E-state index in [0.717, 1.165) is 24.6 Å². The Morgan fingerprint density at radius 1 is 1.29 bits per heavy atom. The minimum atomic E-state index is -3.27. The molecule has 2 fully saturated rings. The third-order valence-electron chi connectivity index (χ3n) is 5.76. The summed E-state index contributed by atoms with van der Waals surface area (Å²) in [4.78, 5) is 4.31. The molecule has 158 valence electrons. The van der Waals surface area contributed by atoms with Crippen molar-refractivity contribution in [3.05, 3.63) is 17.8 Å². The lowest BCUT2D eigenvalue weighted by molar-refractivity contribution is -0.0395. The number of sulfonamides is 1. The molecule has 1 atom stereocenters. The van der Waals surface area contributed by atoms with Crippen LogP contribution in [0.5, 0.6) is 0 Å². The zero-order chi connectivity index (χ0) is 20.7. The van der Waals surface area contributed by atoms with Crippen LogP contribution in [0.15, 0.2) is 12.1 Å². The van der Waals surface area contributed by atoms with Crippen molar-refractivity contribution in [3.8, 4) is 0 Å². The van der Waals surface area contributed by atoms with Gasteiger partial charge in [0.1, 0.15) is 0 Å². The van der Waals surface area contributed by atoms with Crippen LogP contribution < -0.4 is 4.90 Å². The molecule has 3 heterocycles. The summed E-state index contributed by atoms with van der Waals surface area (Å²) in [5, 5.41) is 19.7. The average Bonchev–Trinajstić information content (AvgIpc) is 2.52. The van der Waals surface area contributed by atoms with Crippen LogP contribution in [0.1, 0.15) is 39.3 Å². The van der Waals surface area contributed by atoms with Crippen LogP contribution in [0.2, 0.25) is 0 Å². The van der Waals surface area contributed by atoms with Crippen LogP contribution in [0.25, 0.3) is 0 Å². The summed E-state index contributed by atoms with van der Waals surface area (Å²) < 4.78 is 25.0. The second-order valence-electron chi connectivity index (χ2n) is 9.43. The van der Waals surface area contributed by atoms with Crippen LogP contribution in [-0.2, 0) is 15.4 Å². The molecule has 1 N–H and O–H groups in total. The Kier molecular flexibility index (Phi) is 5.75. The van der Waals surface area contributed by atoms with Crippen LogP contribution in [0, 0.1) is 0 Å². The van der Waals surface area contributed by atoms with Crippen LogP contribution in [0.4, 0.5) is 5.82 Å². The largest absolute Gasteiger partial charge is 0.387 e. The highest BCUT2D eigenvalue weighted by atomic mass is 32.2. The fraction of sp³-hybridized carbons (Fsp3) is 0.789.